The van der Waals surface area contributed by atoms with Gasteiger partial charge in [-0.05, 0) is 26.7 Å². The lowest BCUT2D eigenvalue weighted by Crippen LogP contribution is -2.17. The van der Waals surface area contributed by atoms with E-state index >= 15 is 0 Å². The van der Waals surface area contributed by atoms with E-state index < -0.39 is 20.4 Å². The molecule has 0 saturated carbocycles. The topological polar surface area (TPSA) is 74.2 Å². The van der Waals surface area contributed by atoms with Gasteiger partial charge < -0.3 is 14.4 Å². The molecule has 0 rings (SSSR count). The van der Waals surface area contributed by atoms with Crippen molar-refractivity contribution in [1.29, 1.82) is 0 Å². The summed E-state index contributed by atoms with van der Waals surface area (Å²) >= 11 is 0. The van der Waals surface area contributed by atoms with Crippen molar-refractivity contribution in [3.63, 3.8) is 0 Å². The van der Waals surface area contributed by atoms with Gasteiger partial charge in [-0.1, -0.05) is 104 Å². The van der Waals surface area contributed by atoms with Gasteiger partial charge in [0, 0.05) is 13.2 Å². The number of hydrogen-bond acceptors (Lipinski definition) is 5. The van der Waals surface area contributed by atoms with Crippen molar-refractivity contribution in [1.82, 2.24) is 0 Å². The number of phosphoric acid groups is 1. The minimum atomic E-state index is -4.21. The Hall–Kier alpha value is 0.0300. The largest absolute Gasteiger partial charge is 0.476 e. The molecule has 0 aliphatic heterocycles. The normalized spacial score (nSPS) is 15.6. The molecule has 0 bridgehead atoms. The van der Waals surface area contributed by atoms with Gasteiger partial charge in [0.2, 0.25) is 0 Å². The third-order valence-corrected chi connectivity index (χ3v) is 6.39. The predicted octanol–water partition coefficient (Wildman–Crippen LogP) is 8.13. The maximum absolute atomic E-state index is 12.1. The van der Waals surface area contributed by atoms with Gasteiger partial charge in [0.25, 0.3) is 0 Å². The van der Waals surface area contributed by atoms with Crippen molar-refractivity contribution >= 4 is 7.82 Å². The molecule has 0 aromatic rings. The Balaban J connectivity index is 3.66. The van der Waals surface area contributed by atoms with Gasteiger partial charge in [-0.15, -0.1) is 0 Å². The van der Waals surface area contributed by atoms with Crippen LogP contribution in [0.2, 0.25) is 0 Å². The first kappa shape index (κ1) is 31.0. The minimum absolute atomic E-state index is 0.515. The van der Waals surface area contributed by atoms with Gasteiger partial charge >= 0.3 is 7.82 Å². The highest BCUT2D eigenvalue weighted by Gasteiger charge is 2.28. The summed E-state index contributed by atoms with van der Waals surface area (Å²) in [5, 5.41) is 0. The average Bonchev–Trinajstić information content (AvgIpc) is 2.70. The van der Waals surface area contributed by atoms with E-state index in [1.54, 1.807) is 13.8 Å². The summed E-state index contributed by atoms with van der Waals surface area (Å²) in [6.07, 6.45) is 17.9. The van der Waals surface area contributed by atoms with Crippen LogP contribution in [-0.4, -0.2) is 30.7 Å². The molecule has 0 fully saturated rings. The molecule has 188 valence electrons. The summed E-state index contributed by atoms with van der Waals surface area (Å²) in [6, 6.07) is 0. The van der Waals surface area contributed by atoms with Gasteiger partial charge in [-0.2, -0.15) is 0 Å². The maximum Gasteiger partial charge on any atom is 0.476 e. The van der Waals surface area contributed by atoms with E-state index in [-0.39, 0.29) is 0 Å². The first-order valence-electron chi connectivity index (χ1n) is 12.8. The molecule has 6 nitrogen and oxygen atoms in total. The van der Waals surface area contributed by atoms with E-state index in [0.29, 0.717) is 13.2 Å². The monoisotopic (exact) mass is 466 g/mol. The fraction of sp³-hybridized carbons (Fsp3) is 1.00. The molecule has 2 atom stereocenters. The van der Waals surface area contributed by atoms with E-state index in [1.807, 2.05) is 0 Å². The number of unbranched alkanes of at least 4 members (excludes halogenated alkanes) is 14. The van der Waals surface area contributed by atoms with Crippen LogP contribution in [0.5, 0.6) is 0 Å². The maximum atomic E-state index is 12.1. The lowest BCUT2D eigenvalue weighted by Gasteiger charge is -2.21. The lowest BCUT2D eigenvalue weighted by atomic mass is 10.1. The zero-order valence-electron chi connectivity index (χ0n) is 20.8. The second-order valence-electron chi connectivity index (χ2n) is 8.51. The molecule has 0 heterocycles. The van der Waals surface area contributed by atoms with E-state index in [1.165, 1.54) is 77.0 Å². The van der Waals surface area contributed by atoms with Crippen molar-refractivity contribution in [2.45, 2.75) is 143 Å². The van der Waals surface area contributed by atoms with Crippen molar-refractivity contribution < 1.29 is 28.0 Å². The third kappa shape index (κ3) is 23.0. The molecule has 2 unspecified atom stereocenters. The van der Waals surface area contributed by atoms with E-state index in [0.717, 1.165) is 25.7 Å². The standard InChI is InChI=1S/C24H51O6P/c1-5-7-9-11-13-15-17-19-21-27-23(3)29-31(25,26)30-24(4)28-22-20-18-16-14-12-10-8-6-2/h23-24H,5-22H2,1-4H3,(H,25,26). The van der Waals surface area contributed by atoms with Crippen molar-refractivity contribution in [2.24, 2.45) is 0 Å². The Morgan fingerprint density at radius 3 is 1.19 bits per heavy atom. The molecule has 1 N–H and O–H groups in total. The summed E-state index contributed by atoms with van der Waals surface area (Å²) in [5.74, 6) is 0. The predicted molar refractivity (Wildman–Crippen MR) is 128 cm³/mol. The molecule has 0 spiro atoms. The van der Waals surface area contributed by atoms with Crippen molar-refractivity contribution in [3.8, 4) is 0 Å². The second-order valence-corrected chi connectivity index (χ2v) is 9.86. The molecule has 0 saturated heterocycles. The molecular weight excluding hydrogens is 415 g/mol. The number of ether oxygens (including phenoxy) is 2. The summed E-state index contributed by atoms with van der Waals surface area (Å²) < 4.78 is 33.2. The first-order valence-corrected chi connectivity index (χ1v) is 14.3. The fourth-order valence-corrected chi connectivity index (χ4v) is 4.35. The molecule has 0 aliphatic rings. The SMILES string of the molecule is CCCCCCCCCCOC(C)OP(=O)(O)OC(C)OCCCCCCCCCC. The van der Waals surface area contributed by atoms with Crippen LogP contribution in [0, 0.1) is 0 Å². The van der Waals surface area contributed by atoms with Gasteiger partial charge in [-0.3, -0.25) is 9.05 Å². The zero-order chi connectivity index (χ0) is 23.2. The molecule has 0 aromatic heterocycles. The van der Waals surface area contributed by atoms with Crippen molar-refractivity contribution in [3.05, 3.63) is 0 Å². The highest BCUT2D eigenvalue weighted by molar-refractivity contribution is 7.47. The Morgan fingerprint density at radius 1 is 0.581 bits per heavy atom. The van der Waals surface area contributed by atoms with Crippen molar-refractivity contribution in [2.75, 3.05) is 13.2 Å². The lowest BCUT2D eigenvalue weighted by molar-refractivity contribution is -0.118. The van der Waals surface area contributed by atoms with Crippen LogP contribution in [-0.2, 0) is 23.1 Å². The highest BCUT2D eigenvalue weighted by Crippen LogP contribution is 2.46. The van der Waals surface area contributed by atoms with E-state index in [4.69, 9.17) is 18.5 Å². The molecule has 0 radical (unpaired) electrons. The van der Waals surface area contributed by atoms with Crippen LogP contribution in [0.15, 0.2) is 0 Å². The Kier molecular flexibility index (Phi) is 21.9. The molecule has 31 heavy (non-hydrogen) atoms. The first-order chi connectivity index (χ1) is 14.9. The zero-order valence-corrected chi connectivity index (χ0v) is 21.7. The molecule has 0 amide bonds. The minimum Gasteiger partial charge on any atom is -0.352 e. The molecular formula is C24H51O6P. The average molecular weight is 467 g/mol. The van der Waals surface area contributed by atoms with E-state index in [2.05, 4.69) is 13.8 Å². The Bertz CT molecular complexity index is 387. The van der Waals surface area contributed by atoms with Gasteiger partial charge in [0.15, 0.2) is 12.6 Å². The van der Waals surface area contributed by atoms with Gasteiger partial charge in [0.1, 0.15) is 0 Å². The smallest absolute Gasteiger partial charge is 0.352 e. The summed E-state index contributed by atoms with van der Waals surface area (Å²) in [5.41, 5.74) is 0. The highest BCUT2D eigenvalue weighted by atomic mass is 31.2. The fourth-order valence-electron chi connectivity index (χ4n) is 3.43. The van der Waals surface area contributed by atoms with Crippen LogP contribution in [0.4, 0.5) is 0 Å². The Morgan fingerprint density at radius 2 is 0.871 bits per heavy atom. The van der Waals surface area contributed by atoms with Crippen LogP contribution in [0.3, 0.4) is 0 Å². The van der Waals surface area contributed by atoms with Crippen LogP contribution >= 0.6 is 7.82 Å². The Labute approximate surface area is 192 Å². The van der Waals surface area contributed by atoms with Crippen LogP contribution in [0.1, 0.15) is 130 Å². The van der Waals surface area contributed by atoms with Crippen LogP contribution < -0.4 is 0 Å². The molecule has 0 aromatic carbocycles. The second kappa shape index (κ2) is 21.9. The number of hydrogen-bond donors (Lipinski definition) is 1. The summed E-state index contributed by atoms with van der Waals surface area (Å²) in [6.45, 7) is 8.71. The van der Waals surface area contributed by atoms with Gasteiger partial charge in [-0.25, -0.2) is 4.57 Å². The third-order valence-electron chi connectivity index (χ3n) is 5.26. The molecule has 0 aliphatic carbocycles. The van der Waals surface area contributed by atoms with Crippen LogP contribution in [0.25, 0.3) is 0 Å². The van der Waals surface area contributed by atoms with Gasteiger partial charge in [0.05, 0.1) is 0 Å². The quantitative estimate of drug-likeness (QED) is 0.0879. The van der Waals surface area contributed by atoms with E-state index in [9.17, 15) is 9.46 Å². The summed E-state index contributed by atoms with van der Waals surface area (Å²) in [7, 11) is -4.21. The summed E-state index contributed by atoms with van der Waals surface area (Å²) in [4.78, 5) is 9.89. The number of phosphoric ester groups is 1. The number of rotatable bonds is 24. The molecule has 7 heteroatoms.